The number of benzene rings is 1. The largest absolute Gasteiger partial charge is 0.379 e. The number of carbonyl (C=O) groups excluding carboxylic acids is 2. The van der Waals surface area contributed by atoms with Crippen molar-refractivity contribution in [1.29, 1.82) is 0 Å². The Morgan fingerprint density at radius 3 is 2.74 bits per heavy atom. The highest BCUT2D eigenvalue weighted by Gasteiger charge is 2.35. The number of hydrogen-bond acceptors (Lipinski definition) is 3. The number of halogens is 1. The van der Waals surface area contributed by atoms with Crippen LogP contribution in [-0.4, -0.2) is 31.4 Å². The van der Waals surface area contributed by atoms with Crippen molar-refractivity contribution in [3.63, 3.8) is 0 Å². The summed E-state index contributed by atoms with van der Waals surface area (Å²) >= 11 is 5.91. The van der Waals surface area contributed by atoms with Gasteiger partial charge in [-0.2, -0.15) is 0 Å². The van der Waals surface area contributed by atoms with Gasteiger partial charge in [-0.05, 0) is 24.1 Å². The zero-order valence-corrected chi connectivity index (χ0v) is 11.7. The highest BCUT2D eigenvalue weighted by Crippen LogP contribution is 2.31. The van der Waals surface area contributed by atoms with Crippen LogP contribution in [0.15, 0.2) is 18.2 Å². The van der Waals surface area contributed by atoms with Crippen molar-refractivity contribution in [1.82, 2.24) is 0 Å². The molecule has 0 bridgehead atoms. The Morgan fingerprint density at radius 1 is 1.32 bits per heavy atom. The van der Waals surface area contributed by atoms with Crippen LogP contribution in [0.5, 0.6) is 0 Å². The fraction of sp³-hybridized carbons (Fsp3) is 0.429. The number of rotatable bonds is 5. The molecule has 0 aromatic heterocycles. The van der Waals surface area contributed by atoms with Crippen molar-refractivity contribution in [3.8, 4) is 0 Å². The third kappa shape index (κ3) is 2.96. The average Bonchev–Trinajstić information content (AvgIpc) is 2.58. The number of anilines is 1. The molecule has 0 saturated heterocycles. The van der Waals surface area contributed by atoms with E-state index in [0.29, 0.717) is 41.9 Å². The summed E-state index contributed by atoms with van der Waals surface area (Å²) in [6.45, 7) is 5.52. The van der Waals surface area contributed by atoms with Crippen LogP contribution in [0, 0.1) is 5.92 Å². The lowest BCUT2D eigenvalue weighted by Gasteiger charge is -2.17. The van der Waals surface area contributed by atoms with Gasteiger partial charge in [-0.15, -0.1) is 0 Å². The molecule has 102 valence electrons. The van der Waals surface area contributed by atoms with Crippen molar-refractivity contribution < 1.29 is 14.3 Å². The van der Waals surface area contributed by atoms with Gasteiger partial charge in [-0.1, -0.05) is 25.4 Å². The van der Waals surface area contributed by atoms with Crippen LogP contribution in [0.25, 0.3) is 0 Å². The number of carbonyl (C=O) groups is 2. The molecule has 0 spiro atoms. The molecular formula is C14H16ClNO3. The van der Waals surface area contributed by atoms with Crippen molar-refractivity contribution in [2.45, 2.75) is 13.8 Å². The smallest absolute Gasteiger partial charge is 0.299 e. The molecule has 0 saturated carbocycles. The molecule has 2 rings (SSSR count). The minimum Gasteiger partial charge on any atom is -0.379 e. The van der Waals surface area contributed by atoms with Crippen molar-refractivity contribution in [2.75, 3.05) is 24.7 Å². The lowest BCUT2D eigenvalue weighted by molar-refractivity contribution is -0.114. The summed E-state index contributed by atoms with van der Waals surface area (Å²) in [5, 5.41) is 0.509. The molecular weight excluding hydrogens is 266 g/mol. The normalized spacial score (nSPS) is 14.4. The van der Waals surface area contributed by atoms with Gasteiger partial charge < -0.3 is 9.64 Å². The zero-order valence-electron chi connectivity index (χ0n) is 11.0. The van der Waals surface area contributed by atoms with E-state index in [-0.39, 0.29) is 0 Å². The lowest BCUT2D eigenvalue weighted by Crippen LogP contribution is -2.33. The first kappa shape index (κ1) is 14.0. The predicted molar refractivity (Wildman–Crippen MR) is 73.8 cm³/mol. The molecule has 19 heavy (non-hydrogen) atoms. The van der Waals surface area contributed by atoms with Crippen LogP contribution in [0.2, 0.25) is 5.02 Å². The van der Waals surface area contributed by atoms with E-state index in [4.69, 9.17) is 16.3 Å². The van der Waals surface area contributed by atoms with Gasteiger partial charge in [0, 0.05) is 18.2 Å². The number of Topliss-reactive ketones (excluding diaryl/α,β-unsaturated/α-hetero) is 1. The maximum absolute atomic E-state index is 11.9. The van der Waals surface area contributed by atoms with Crippen molar-refractivity contribution in [2.24, 2.45) is 5.92 Å². The molecule has 0 atom stereocenters. The summed E-state index contributed by atoms with van der Waals surface area (Å²) in [6, 6.07) is 4.85. The van der Waals surface area contributed by atoms with Gasteiger partial charge in [0.15, 0.2) is 0 Å². The van der Waals surface area contributed by atoms with Gasteiger partial charge >= 0.3 is 0 Å². The van der Waals surface area contributed by atoms with Gasteiger partial charge in [0.2, 0.25) is 0 Å². The zero-order chi connectivity index (χ0) is 14.0. The maximum atomic E-state index is 11.9. The second kappa shape index (κ2) is 5.72. The maximum Gasteiger partial charge on any atom is 0.299 e. The molecule has 0 N–H and O–H groups in total. The van der Waals surface area contributed by atoms with Crippen LogP contribution in [0.4, 0.5) is 5.69 Å². The fourth-order valence-electron chi connectivity index (χ4n) is 1.96. The minimum absolute atomic E-state index is 0.366. The second-order valence-corrected chi connectivity index (χ2v) is 5.35. The van der Waals surface area contributed by atoms with Gasteiger partial charge in [-0.3, -0.25) is 9.59 Å². The Balaban J connectivity index is 2.08. The van der Waals surface area contributed by atoms with Crippen LogP contribution < -0.4 is 4.90 Å². The molecule has 4 nitrogen and oxygen atoms in total. The number of ether oxygens (including phenoxy) is 1. The summed E-state index contributed by atoms with van der Waals surface area (Å²) in [5.74, 6) is -0.543. The lowest BCUT2D eigenvalue weighted by atomic mass is 10.1. The molecule has 1 aromatic rings. The van der Waals surface area contributed by atoms with Crippen LogP contribution in [-0.2, 0) is 9.53 Å². The van der Waals surface area contributed by atoms with Crippen LogP contribution >= 0.6 is 11.6 Å². The Kier molecular flexibility index (Phi) is 4.22. The molecule has 1 heterocycles. The average molecular weight is 282 g/mol. The molecule has 0 radical (unpaired) electrons. The monoisotopic (exact) mass is 281 g/mol. The van der Waals surface area contributed by atoms with Gasteiger partial charge in [0.1, 0.15) is 0 Å². The fourth-order valence-corrected chi connectivity index (χ4v) is 2.13. The first-order valence-electron chi connectivity index (χ1n) is 6.24. The van der Waals surface area contributed by atoms with E-state index in [1.807, 2.05) is 0 Å². The number of hydrogen-bond donors (Lipinski definition) is 0. The molecule has 1 aliphatic rings. The van der Waals surface area contributed by atoms with E-state index in [1.54, 1.807) is 18.2 Å². The molecule has 0 aliphatic carbocycles. The summed E-state index contributed by atoms with van der Waals surface area (Å²) in [7, 11) is 0. The number of fused-ring (bicyclic) bond motifs is 1. The van der Waals surface area contributed by atoms with Crippen molar-refractivity contribution >= 4 is 29.0 Å². The number of nitrogens with zero attached hydrogens (tertiary/aromatic N) is 1. The van der Waals surface area contributed by atoms with Gasteiger partial charge in [0.25, 0.3) is 11.7 Å². The first-order valence-corrected chi connectivity index (χ1v) is 6.62. The van der Waals surface area contributed by atoms with E-state index in [9.17, 15) is 9.59 Å². The number of amides is 1. The van der Waals surface area contributed by atoms with Crippen molar-refractivity contribution in [3.05, 3.63) is 28.8 Å². The van der Waals surface area contributed by atoms with E-state index in [1.165, 1.54) is 4.90 Å². The Bertz CT molecular complexity index is 513. The summed E-state index contributed by atoms with van der Waals surface area (Å²) < 4.78 is 5.45. The summed E-state index contributed by atoms with van der Waals surface area (Å²) in [4.78, 5) is 25.1. The standard InChI is InChI=1S/C14H16ClNO3/c1-9(2)8-19-6-5-16-12-7-10(15)3-4-11(12)13(17)14(16)18/h3-4,7,9H,5-6,8H2,1-2H3. The second-order valence-electron chi connectivity index (χ2n) is 4.92. The van der Waals surface area contributed by atoms with E-state index < -0.39 is 11.7 Å². The Labute approximate surface area is 117 Å². The minimum atomic E-state index is -0.509. The molecule has 0 unspecified atom stereocenters. The van der Waals surface area contributed by atoms with E-state index in [0.717, 1.165) is 0 Å². The molecule has 0 fully saturated rings. The van der Waals surface area contributed by atoms with Gasteiger partial charge in [-0.25, -0.2) is 0 Å². The van der Waals surface area contributed by atoms with Crippen LogP contribution in [0.3, 0.4) is 0 Å². The topological polar surface area (TPSA) is 46.6 Å². The first-order chi connectivity index (χ1) is 9.00. The SMILES string of the molecule is CC(C)COCCN1C(=O)C(=O)c2ccc(Cl)cc21. The van der Waals surface area contributed by atoms with Crippen LogP contribution in [0.1, 0.15) is 24.2 Å². The Hall–Kier alpha value is -1.39. The molecule has 1 aliphatic heterocycles. The summed E-state index contributed by atoms with van der Waals surface area (Å²) in [6.07, 6.45) is 0. The van der Waals surface area contributed by atoms with E-state index >= 15 is 0 Å². The Morgan fingerprint density at radius 2 is 2.05 bits per heavy atom. The van der Waals surface area contributed by atoms with E-state index in [2.05, 4.69) is 13.8 Å². The molecule has 1 aromatic carbocycles. The summed E-state index contributed by atoms with van der Waals surface area (Å²) in [5.41, 5.74) is 0.994. The third-order valence-electron chi connectivity index (χ3n) is 2.85. The third-order valence-corrected chi connectivity index (χ3v) is 3.08. The number of ketones is 1. The highest BCUT2D eigenvalue weighted by atomic mass is 35.5. The molecule has 5 heteroatoms. The predicted octanol–water partition coefficient (Wildman–Crippen LogP) is 2.54. The molecule has 1 amide bonds. The quantitative estimate of drug-likeness (QED) is 0.615. The highest BCUT2D eigenvalue weighted by molar-refractivity contribution is 6.52. The van der Waals surface area contributed by atoms with Gasteiger partial charge in [0.05, 0.1) is 17.9 Å².